The molecule has 0 aromatic heterocycles. The molecular formula is C14H24BrN. The van der Waals surface area contributed by atoms with Crippen LogP contribution in [-0.2, 0) is 0 Å². The van der Waals surface area contributed by atoms with Crippen molar-refractivity contribution in [3.63, 3.8) is 0 Å². The topological polar surface area (TPSA) is 3.24 Å². The molecule has 2 bridgehead atoms. The smallest absolute Gasteiger partial charge is 0.0195 e. The van der Waals surface area contributed by atoms with Crippen LogP contribution in [0.15, 0.2) is 0 Å². The van der Waals surface area contributed by atoms with Gasteiger partial charge in [-0.05, 0) is 55.9 Å². The molecule has 5 unspecified atom stereocenters. The van der Waals surface area contributed by atoms with Crippen LogP contribution in [-0.4, -0.2) is 29.4 Å². The first-order valence-electron chi connectivity index (χ1n) is 7.09. The summed E-state index contributed by atoms with van der Waals surface area (Å²) >= 11 is 3.80. The average molecular weight is 286 g/mol. The van der Waals surface area contributed by atoms with Gasteiger partial charge >= 0.3 is 0 Å². The Morgan fingerprint density at radius 3 is 2.69 bits per heavy atom. The van der Waals surface area contributed by atoms with Gasteiger partial charge in [0.25, 0.3) is 0 Å². The molecule has 0 spiro atoms. The zero-order valence-electron chi connectivity index (χ0n) is 10.4. The lowest BCUT2D eigenvalue weighted by Gasteiger charge is -2.37. The summed E-state index contributed by atoms with van der Waals surface area (Å²) in [4.78, 5) is 3.51. The highest BCUT2D eigenvalue weighted by atomic mass is 79.9. The average Bonchev–Trinajstić information content (AvgIpc) is 2.85. The van der Waals surface area contributed by atoms with Crippen LogP contribution < -0.4 is 0 Å². The number of fused-ring (bicyclic) bond motifs is 2. The largest absolute Gasteiger partial charge is 0.303 e. The minimum Gasteiger partial charge on any atom is -0.303 e. The number of likely N-dealkylation sites (tertiary alicyclic amines) is 1. The fourth-order valence-electron chi connectivity index (χ4n) is 4.30. The molecule has 16 heavy (non-hydrogen) atoms. The highest BCUT2D eigenvalue weighted by molar-refractivity contribution is 9.09. The Kier molecular flexibility index (Phi) is 3.32. The number of alkyl halides is 1. The highest BCUT2D eigenvalue weighted by Gasteiger charge is 2.40. The lowest BCUT2D eigenvalue weighted by atomic mass is 9.87. The third-order valence-electron chi connectivity index (χ3n) is 5.26. The zero-order chi connectivity index (χ0) is 11.1. The van der Waals surface area contributed by atoms with Crippen LogP contribution in [0.2, 0.25) is 0 Å². The van der Waals surface area contributed by atoms with E-state index in [-0.39, 0.29) is 0 Å². The van der Waals surface area contributed by atoms with E-state index in [2.05, 4.69) is 27.8 Å². The molecule has 3 rings (SSSR count). The normalized spacial score (nSPS) is 48.8. The fourth-order valence-corrected chi connectivity index (χ4v) is 4.67. The van der Waals surface area contributed by atoms with Gasteiger partial charge in [0.05, 0.1) is 0 Å². The summed E-state index contributed by atoms with van der Waals surface area (Å²) in [5.41, 5.74) is 0. The molecule has 0 aromatic carbocycles. The van der Waals surface area contributed by atoms with E-state index >= 15 is 0 Å². The van der Waals surface area contributed by atoms with Crippen LogP contribution in [0.4, 0.5) is 0 Å². The van der Waals surface area contributed by atoms with Gasteiger partial charge < -0.3 is 4.90 Å². The van der Waals surface area contributed by atoms with Gasteiger partial charge in [0.1, 0.15) is 0 Å². The summed E-state index contributed by atoms with van der Waals surface area (Å²) < 4.78 is 0. The van der Waals surface area contributed by atoms with E-state index in [1.54, 1.807) is 25.7 Å². The van der Waals surface area contributed by atoms with Crippen LogP contribution in [0.5, 0.6) is 0 Å². The molecule has 3 fully saturated rings. The van der Waals surface area contributed by atoms with E-state index in [1.807, 2.05) is 0 Å². The Hall–Kier alpha value is 0.440. The van der Waals surface area contributed by atoms with E-state index in [0.29, 0.717) is 0 Å². The van der Waals surface area contributed by atoms with Crippen molar-refractivity contribution in [1.29, 1.82) is 0 Å². The van der Waals surface area contributed by atoms with Crippen molar-refractivity contribution in [1.82, 2.24) is 4.90 Å². The SMILES string of the molecule is CC1CN(CC2CC3CCC2C3)CCC1Br. The molecule has 2 saturated carbocycles. The third-order valence-corrected chi connectivity index (χ3v) is 6.62. The Labute approximate surface area is 108 Å². The maximum atomic E-state index is 3.80. The summed E-state index contributed by atoms with van der Waals surface area (Å²) in [5, 5.41) is 0. The molecule has 2 heteroatoms. The van der Waals surface area contributed by atoms with Crippen LogP contribution in [0.3, 0.4) is 0 Å². The van der Waals surface area contributed by atoms with E-state index in [9.17, 15) is 0 Å². The first-order valence-corrected chi connectivity index (χ1v) is 8.00. The van der Waals surface area contributed by atoms with E-state index in [4.69, 9.17) is 0 Å². The van der Waals surface area contributed by atoms with Gasteiger partial charge in [0, 0.05) is 17.9 Å². The number of nitrogens with zero attached hydrogens (tertiary/aromatic N) is 1. The molecule has 1 nitrogen and oxygen atoms in total. The molecule has 0 radical (unpaired) electrons. The second-order valence-corrected chi connectivity index (χ2v) is 7.65. The summed E-state index contributed by atoms with van der Waals surface area (Å²) in [5.74, 6) is 4.10. The quantitative estimate of drug-likeness (QED) is 0.702. The van der Waals surface area contributed by atoms with Gasteiger partial charge in [-0.15, -0.1) is 0 Å². The molecule has 3 aliphatic rings. The Morgan fingerprint density at radius 1 is 1.19 bits per heavy atom. The fraction of sp³-hybridized carbons (Fsp3) is 1.00. The van der Waals surface area contributed by atoms with Crippen molar-refractivity contribution < 1.29 is 0 Å². The van der Waals surface area contributed by atoms with Gasteiger partial charge in [-0.1, -0.05) is 29.3 Å². The number of piperidine rings is 1. The molecular weight excluding hydrogens is 262 g/mol. The lowest BCUT2D eigenvalue weighted by molar-refractivity contribution is 0.142. The number of rotatable bonds is 2. The van der Waals surface area contributed by atoms with E-state index < -0.39 is 0 Å². The molecule has 0 N–H and O–H groups in total. The predicted molar refractivity (Wildman–Crippen MR) is 71.9 cm³/mol. The zero-order valence-corrected chi connectivity index (χ0v) is 12.0. The van der Waals surface area contributed by atoms with Crippen molar-refractivity contribution in [2.75, 3.05) is 19.6 Å². The Bertz CT molecular complexity index is 255. The maximum Gasteiger partial charge on any atom is 0.0195 e. The van der Waals surface area contributed by atoms with Crippen LogP contribution >= 0.6 is 15.9 Å². The molecule has 1 saturated heterocycles. The minimum atomic E-state index is 0.767. The number of hydrogen-bond acceptors (Lipinski definition) is 1. The van der Waals surface area contributed by atoms with E-state index in [0.717, 1.165) is 28.5 Å². The van der Waals surface area contributed by atoms with Crippen molar-refractivity contribution in [3.8, 4) is 0 Å². The number of hydrogen-bond donors (Lipinski definition) is 0. The molecule has 1 aliphatic heterocycles. The molecule has 2 aliphatic carbocycles. The highest BCUT2D eigenvalue weighted by Crippen LogP contribution is 2.48. The summed E-state index contributed by atoms with van der Waals surface area (Å²) in [6.45, 7) is 6.45. The standard InChI is InChI=1S/C14H24BrN/c1-10-8-16(5-4-14(10)15)9-13-7-11-2-3-12(13)6-11/h10-14H,2-9H2,1H3. The first-order chi connectivity index (χ1) is 7.72. The van der Waals surface area contributed by atoms with Gasteiger partial charge in [0.2, 0.25) is 0 Å². The van der Waals surface area contributed by atoms with Crippen molar-refractivity contribution >= 4 is 15.9 Å². The second-order valence-electron chi connectivity index (χ2n) is 6.48. The van der Waals surface area contributed by atoms with E-state index in [1.165, 1.54) is 26.1 Å². The third kappa shape index (κ3) is 2.20. The van der Waals surface area contributed by atoms with Gasteiger partial charge in [-0.25, -0.2) is 0 Å². The van der Waals surface area contributed by atoms with Crippen LogP contribution in [0.1, 0.15) is 39.0 Å². The minimum absolute atomic E-state index is 0.767. The molecule has 5 atom stereocenters. The van der Waals surface area contributed by atoms with Crippen molar-refractivity contribution in [2.45, 2.75) is 43.9 Å². The predicted octanol–water partition coefficient (Wildman–Crippen LogP) is 3.53. The molecule has 92 valence electrons. The first kappa shape index (κ1) is 11.5. The van der Waals surface area contributed by atoms with Gasteiger partial charge in [-0.3, -0.25) is 0 Å². The molecule has 0 amide bonds. The summed E-state index contributed by atoms with van der Waals surface area (Å²) in [6, 6.07) is 0. The number of halogens is 1. The maximum absolute atomic E-state index is 3.80. The monoisotopic (exact) mass is 285 g/mol. The lowest BCUT2D eigenvalue weighted by Crippen LogP contribution is -2.42. The van der Waals surface area contributed by atoms with Crippen molar-refractivity contribution in [3.05, 3.63) is 0 Å². The Morgan fingerprint density at radius 2 is 2.06 bits per heavy atom. The van der Waals surface area contributed by atoms with Crippen molar-refractivity contribution in [2.24, 2.45) is 23.7 Å². The molecule has 0 aromatic rings. The summed E-state index contributed by atoms with van der Waals surface area (Å²) in [7, 11) is 0. The van der Waals surface area contributed by atoms with Gasteiger partial charge in [-0.2, -0.15) is 0 Å². The van der Waals surface area contributed by atoms with Crippen LogP contribution in [0.25, 0.3) is 0 Å². The van der Waals surface area contributed by atoms with Crippen LogP contribution in [0, 0.1) is 23.7 Å². The Balaban J connectivity index is 1.52. The molecule has 1 heterocycles. The van der Waals surface area contributed by atoms with Gasteiger partial charge in [0.15, 0.2) is 0 Å². The summed E-state index contributed by atoms with van der Waals surface area (Å²) in [6.07, 6.45) is 7.55. The second kappa shape index (κ2) is 4.61.